The standard InChI is InChI=1S/C23H23ClFN3O/c24-15-7-10-20-19(13-15)18-11-12-28(23(29)26-17-3-1-2-4-17)22(21(18)27-20)14-5-8-16(25)9-6-14/h5-10,13,17,22,27H,1-4,11-12H2,(H,26,29)/t22-/m0/s1. The molecule has 2 amide bonds. The highest BCUT2D eigenvalue weighted by molar-refractivity contribution is 6.31. The molecule has 4 nitrogen and oxygen atoms in total. The van der Waals surface area contributed by atoms with Crippen LogP contribution >= 0.6 is 11.6 Å². The molecule has 150 valence electrons. The Morgan fingerprint density at radius 2 is 1.90 bits per heavy atom. The Labute approximate surface area is 174 Å². The number of H-pyrrole nitrogens is 1. The second-order valence-corrected chi connectivity index (χ2v) is 8.47. The van der Waals surface area contributed by atoms with Crippen molar-refractivity contribution in [3.63, 3.8) is 0 Å². The van der Waals surface area contributed by atoms with Gasteiger partial charge in [0.15, 0.2) is 0 Å². The molecule has 2 aliphatic rings. The first kappa shape index (κ1) is 18.5. The van der Waals surface area contributed by atoms with Crippen LogP contribution in [0.25, 0.3) is 10.9 Å². The van der Waals surface area contributed by atoms with Gasteiger partial charge in [-0.05, 0) is 60.7 Å². The predicted octanol–water partition coefficient (Wildman–Crippen LogP) is 5.56. The van der Waals surface area contributed by atoms with E-state index >= 15 is 0 Å². The van der Waals surface area contributed by atoms with Crippen molar-refractivity contribution in [3.8, 4) is 0 Å². The molecule has 2 N–H and O–H groups in total. The number of aromatic nitrogens is 1. The van der Waals surface area contributed by atoms with Crippen molar-refractivity contribution in [1.82, 2.24) is 15.2 Å². The Kier molecular flexibility index (Phi) is 4.70. The summed E-state index contributed by atoms with van der Waals surface area (Å²) in [5.74, 6) is -0.282. The van der Waals surface area contributed by atoms with Crippen molar-refractivity contribution in [2.45, 2.75) is 44.2 Å². The summed E-state index contributed by atoms with van der Waals surface area (Å²) in [4.78, 5) is 18.6. The van der Waals surface area contributed by atoms with Crippen LogP contribution in [0.1, 0.15) is 48.5 Å². The van der Waals surface area contributed by atoms with Crippen molar-refractivity contribution in [3.05, 3.63) is 70.1 Å². The number of fused-ring (bicyclic) bond motifs is 3. The number of nitrogens with zero attached hydrogens (tertiary/aromatic N) is 1. The third-order valence-corrected chi connectivity index (χ3v) is 6.45. The lowest BCUT2D eigenvalue weighted by Crippen LogP contribution is -2.48. The number of carbonyl (C=O) groups excluding carboxylic acids is 1. The third-order valence-electron chi connectivity index (χ3n) is 6.22. The number of carbonyl (C=O) groups is 1. The maximum atomic E-state index is 13.6. The summed E-state index contributed by atoms with van der Waals surface area (Å²) in [5.41, 5.74) is 4.07. The zero-order chi connectivity index (χ0) is 20.0. The summed E-state index contributed by atoms with van der Waals surface area (Å²) in [7, 11) is 0. The molecule has 29 heavy (non-hydrogen) atoms. The van der Waals surface area contributed by atoms with Crippen molar-refractivity contribution >= 4 is 28.5 Å². The van der Waals surface area contributed by atoms with E-state index in [1.54, 1.807) is 12.1 Å². The Hall–Kier alpha value is -2.53. The van der Waals surface area contributed by atoms with Crippen LogP contribution in [0, 0.1) is 5.82 Å². The first-order chi connectivity index (χ1) is 14.1. The van der Waals surface area contributed by atoms with E-state index in [2.05, 4.69) is 10.3 Å². The van der Waals surface area contributed by atoms with Gasteiger partial charge in [0.05, 0.1) is 6.04 Å². The molecule has 1 saturated carbocycles. The van der Waals surface area contributed by atoms with Gasteiger partial charge in [0, 0.05) is 34.2 Å². The molecule has 3 aromatic rings. The Balaban J connectivity index is 1.58. The van der Waals surface area contributed by atoms with E-state index in [9.17, 15) is 9.18 Å². The summed E-state index contributed by atoms with van der Waals surface area (Å²) in [5, 5.41) is 5.00. The van der Waals surface area contributed by atoms with E-state index in [4.69, 9.17) is 11.6 Å². The summed E-state index contributed by atoms with van der Waals surface area (Å²) >= 11 is 6.23. The zero-order valence-corrected chi connectivity index (χ0v) is 16.8. The van der Waals surface area contributed by atoms with Crippen LogP contribution in [-0.4, -0.2) is 28.5 Å². The number of hydrogen-bond acceptors (Lipinski definition) is 1. The van der Waals surface area contributed by atoms with E-state index in [-0.39, 0.29) is 23.9 Å². The first-order valence-electron chi connectivity index (χ1n) is 10.2. The normalized spacial score (nSPS) is 19.5. The quantitative estimate of drug-likeness (QED) is 0.569. The highest BCUT2D eigenvalue weighted by Crippen LogP contribution is 2.39. The van der Waals surface area contributed by atoms with Gasteiger partial charge in [-0.1, -0.05) is 36.6 Å². The highest BCUT2D eigenvalue weighted by atomic mass is 35.5. The molecule has 1 atom stereocenters. The minimum absolute atomic E-state index is 0.0476. The lowest BCUT2D eigenvalue weighted by molar-refractivity contribution is 0.175. The number of halogens is 2. The molecule has 5 rings (SSSR count). The number of amides is 2. The monoisotopic (exact) mass is 411 g/mol. The molecule has 1 fully saturated rings. The van der Waals surface area contributed by atoms with Crippen LogP contribution in [0.3, 0.4) is 0 Å². The number of benzene rings is 2. The van der Waals surface area contributed by atoms with Gasteiger partial charge in [-0.2, -0.15) is 0 Å². The molecule has 0 saturated heterocycles. The smallest absolute Gasteiger partial charge is 0.318 e. The summed E-state index contributed by atoms with van der Waals surface area (Å²) in [6, 6.07) is 12.2. The van der Waals surface area contributed by atoms with Gasteiger partial charge in [0.1, 0.15) is 5.82 Å². The molecule has 1 aromatic heterocycles. The molecule has 0 unspecified atom stereocenters. The number of aromatic amines is 1. The number of urea groups is 1. The van der Waals surface area contributed by atoms with Gasteiger partial charge in [-0.25, -0.2) is 9.18 Å². The Morgan fingerprint density at radius 1 is 1.14 bits per heavy atom. The van der Waals surface area contributed by atoms with Crippen LogP contribution in [0.5, 0.6) is 0 Å². The van der Waals surface area contributed by atoms with Crippen LogP contribution in [-0.2, 0) is 6.42 Å². The van der Waals surface area contributed by atoms with Crippen molar-refractivity contribution < 1.29 is 9.18 Å². The van der Waals surface area contributed by atoms with Crippen LogP contribution in [0.15, 0.2) is 42.5 Å². The molecular weight excluding hydrogens is 389 g/mol. The molecule has 0 bridgehead atoms. The molecule has 1 aliphatic heterocycles. The molecule has 2 heterocycles. The second-order valence-electron chi connectivity index (χ2n) is 8.04. The fraction of sp³-hybridized carbons (Fsp3) is 0.348. The van der Waals surface area contributed by atoms with Crippen molar-refractivity contribution in [2.75, 3.05) is 6.54 Å². The summed E-state index contributed by atoms with van der Waals surface area (Å²) < 4.78 is 13.6. The van der Waals surface area contributed by atoms with Crippen molar-refractivity contribution in [1.29, 1.82) is 0 Å². The third kappa shape index (κ3) is 3.38. The minimum Gasteiger partial charge on any atom is -0.356 e. The molecule has 1 aliphatic carbocycles. The van der Waals surface area contributed by atoms with Crippen molar-refractivity contribution in [2.24, 2.45) is 0 Å². The van der Waals surface area contributed by atoms with Crippen LogP contribution < -0.4 is 5.32 Å². The number of hydrogen-bond donors (Lipinski definition) is 2. The van der Waals surface area contributed by atoms with E-state index in [0.717, 1.165) is 41.4 Å². The molecule has 6 heteroatoms. The Morgan fingerprint density at radius 3 is 2.66 bits per heavy atom. The van der Waals surface area contributed by atoms with E-state index < -0.39 is 0 Å². The highest BCUT2D eigenvalue weighted by Gasteiger charge is 2.35. The fourth-order valence-electron chi connectivity index (χ4n) is 4.80. The zero-order valence-electron chi connectivity index (χ0n) is 16.1. The summed E-state index contributed by atoms with van der Waals surface area (Å²) in [6.45, 7) is 0.604. The average molecular weight is 412 g/mol. The minimum atomic E-state index is -0.285. The van der Waals surface area contributed by atoms with Gasteiger partial charge in [-0.3, -0.25) is 0 Å². The lowest BCUT2D eigenvalue weighted by atomic mass is 9.92. The van der Waals surface area contributed by atoms with E-state index in [0.29, 0.717) is 11.6 Å². The lowest BCUT2D eigenvalue weighted by Gasteiger charge is -2.37. The van der Waals surface area contributed by atoms with E-state index in [1.807, 2.05) is 23.1 Å². The molecular formula is C23H23ClFN3O. The molecule has 0 radical (unpaired) electrons. The summed E-state index contributed by atoms with van der Waals surface area (Å²) in [6.07, 6.45) is 5.16. The van der Waals surface area contributed by atoms with Gasteiger partial charge in [0.25, 0.3) is 0 Å². The maximum Gasteiger partial charge on any atom is 0.318 e. The van der Waals surface area contributed by atoms with E-state index in [1.165, 1.54) is 30.5 Å². The number of nitrogens with one attached hydrogen (secondary N) is 2. The fourth-order valence-corrected chi connectivity index (χ4v) is 4.97. The van der Waals surface area contributed by atoms with Crippen LogP contribution in [0.2, 0.25) is 5.02 Å². The predicted molar refractivity (Wildman–Crippen MR) is 113 cm³/mol. The van der Waals surface area contributed by atoms with Gasteiger partial charge in [0.2, 0.25) is 0 Å². The van der Waals surface area contributed by atoms with Crippen LogP contribution in [0.4, 0.5) is 9.18 Å². The van der Waals surface area contributed by atoms with Gasteiger partial charge < -0.3 is 15.2 Å². The second kappa shape index (κ2) is 7.38. The largest absolute Gasteiger partial charge is 0.356 e. The first-order valence-corrected chi connectivity index (χ1v) is 10.6. The average Bonchev–Trinajstić information content (AvgIpc) is 3.35. The Bertz CT molecular complexity index is 1060. The van der Waals surface area contributed by atoms with Gasteiger partial charge >= 0.3 is 6.03 Å². The topological polar surface area (TPSA) is 48.1 Å². The van der Waals surface area contributed by atoms with Gasteiger partial charge in [-0.15, -0.1) is 0 Å². The molecule has 2 aromatic carbocycles. The SMILES string of the molecule is O=C(NC1CCCC1)N1CCc2c([nH]c3ccc(Cl)cc23)[C@@H]1c1ccc(F)cc1. The molecule has 0 spiro atoms. The number of rotatable bonds is 2. The maximum absolute atomic E-state index is 13.6.